The molecule has 0 aromatic heterocycles. The monoisotopic (exact) mass is 182 g/mol. The first-order valence-electron chi connectivity index (χ1n) is 3.32. The van der Waals surface area contributed by atoms with E-state index in [0.717, 1.165) is 0 Å². The summed E-state index contributed by atoms with van der Waals surface area (Å²) in [5.41, 5.74) is -1.46. The largest absolute Gasteiger partial charge is 0.462 e. The number of alkyl halides is 3. The molecule has 5 heteroatoms. The first-order valence-corrected chi connectivity index (χ1v) is 3.32. The Bertz CT molecular complexity index is 184. The molecule has 0 unspecified atom stereocenters. The molecular formula is C7H9F3O2. The highest BCUT2D eigenvalue weighted by Gasteiger charge is 2.37. The molecule has 0 aromatic carbocycles. The predicted octanol–water partition coefficient (Wildman–Crippen LogP) is 2.06. The van der Waals surface area contributed by atoms with E-state index in [0.29, 0.717) is 6.42 Å². The van der Waals surface area contributed by atoms with Gasteiger partial charge in [0, 0.05) is 0 Å². The molecule has 0 aliphatic heterocycles. The van der Waals surface area contributed by atoms with Crippen molar-refractivity contribution in [1.29, 1.82) is 0 Å². The van der Waals surface area contributed by atoms with Crippen molar-refractivity contribution in [3.63, 3.8) is 0 Å². The van der Waals surface area contributed by atoms with Crippen molar-refractivity contribution in [2.75, 3.05) is 6.61 Å². The molecule has 70 valence electrons. The first-order chi connectivity index (χ1) is 5.39. The summed E-state index contributed by atoms with van der Waals surface area (Å²) < 4.78 is 39.4. The van der Waals surface area contributed by atoms with Gasteiger partial charge in [-0.15, -0.1) is 0 Å². The molecule has 0 rings (SSSR count). The van der Waals surface area contributed by atoms with E-state index in [2.05, 4.69) is 11.3 Å². The predicted molar refractivity (Wildman–Crippen MR) is 36.4 cm³/mol. The zero-order chi connectivity index (χ0) is 9.78. The lowest BCUT2D eigenvalue weighted by molar-refractivity contribution is -0.150. The SMILES string of the molecule is C=C(C(=O)OCCC)C(F)(F)F. The minimum absolute atomic E-state index is 0.0199. The fourth-order valence-corrected chi connectivity index (χ4v) is 0.398. The Morgan fingerprint density at radius 3 is 2.33 bits per heavy atom. The second kappa shape index (κ2) is 4.13. The molecule has 0 spiro atoms. The van der Waals surface area contributed by atoms with Crippen LogP contribution in [0.2, 0.25) is 0 Å². The van der Waals surface area contributed by atoms with Crippen molar-refractivity contribution in [2.24, 2.45) is 0 Å². The highest BCUT2D eigenvalue weighted by atomic mass is 19.4. The van der Waals surface area contributed by atoms with Gasteiger partial charge < -0.3 is 4.74 Å². The minimum Gasteiger partial charge on any atom is -0.462 e. The summed E-state index contributed by atoms with van der Waals surface area (Å²) >= 11 is 0. The summed E-state index contributed by atoms with van der Waals surface area (Å²) in [7, 11) is 0. The molecule has 0 atom stereocenters. The van der Waals surface area contributed by atoms with Crippen LogP contribution in [0.1, 0.15) is 13.3 Å². The average Bonchev–Trinajstić information content (AvgIpc) is 1.97. The molecule has 0 aromatic rings. The molecular weight excluding hydrogens is 173 g/mol. The topological polar surface area (TPSA) is 26.3 Å². The van der Waals surface area contributed by atoms with Gasteiger partial charge in [0.2, 0.25) is 0 Å². The fraction of sp³-hybridized carbons (Fsp3) is 0.571. The van der Waals surface area contributed by atoms with Gasteiger partial charge in [-0.05, 0) is 6.42 Å². The summed E-state index contributed by atoms with van der Waals surface area (Å²) in [6, 6.07) is 0. The summed E-state index contributed by atoms with van der Waals surface area (Å²) in [6.45, 7) is 4.24. The number of halogens is 3. The molecule has 0 fully saturated rings. The molecule has 2 nitrogen and oxygen atoms in total. The van der Waals surface area contributed by atoms with Crippen LogP contribution in [-0.4, -0.2) is 18.8 Å². The Morgan fingerprint density at radius 2 is 2.00 bits per heavy atom. The maximum atomic E-state index is 11.7. The van der Waals surface area contributed by atoms with Gasteiger partial charge in [0.1, 0.15) is 5.57 Å². The summed E-state index contributed by atoms with van der Waals surface area (Å²) in [5.74, 6) is -1.40. The Hall–Kier alpha value is -1.00. The normalized spacial score (nSPS) is 11.0. The van der Waals surface area contributed by atoms with E-state index in [1.807, 2.05) is 0 Å². The second-order valence-electron chi connectivity index (χ2n) is 2.11. The van der Waals surface area contributed by atoms with E-state index in [9.17, 15) is 18.0 Å². The quantitative estimate of drug-likeness (QED) is 0.493. The van der Waals surface area contributed by atoms with Crippen LogP contribution in [-0.2, 0) is 9.53 Å². The molecule has 0 radical (unpaired) electrons. The van der Waals surface area contributed by atoms with Crippen molar-refractivity contribution in [2.45, 2.75) is 19.5 Å². The molecule has 0 N–H and O–H groups in total. The highest BCUT2D eigenvalue weighted by Crippen LogP contribution is 2.24. The maximum Gasteiger partial charge on any atom is 0.422 e. The van der Waals surface area contributed by atoms with Gasteiger partial charge in [-0.2, -0.15) is 13.2 Å². The average molecular weight is 182 g/mol. The van der Waals surface area contributed by atoms with Gasteiger partial charge in [0.25, 0.3) is 0 Å². The van der Waals surface area contributed by atoms with Crippen molar-refractivity contribution in [3.8, 4) is 0 Å². The molecule has 12 heavy (non-hydrogen) atoms. The van der Waals surface area contributed by atoms with E-state index >= 15 is 0 Å². The van der Waals surface area contributed by atoms with E-state index < -0.39 is 17.7 Å². The van der Waals surface area contributed by atoms with Crippen LogP contribution < -0.4 is 0 Å². The van der Waals surface area contributed by atoms with Crippen molar-refractivity contribution in [1.82, 2.24) is 0 Å². The molecule has 0 heterocycles. The van der Waals surface area contributed by atoms with Crippen LogP contribution in [0.25, 0.3) is 0 Å². The Kier molecular flexibility index (Phi) is 3.79. The van der Waals surface area contributed by atoms with Gasteiger partial charge in [-0.1, -0.05) is 13.5 Å². The van der Waals surface area contributed by atoms with Crippen molar-refractivity contribution < 1.29 is 22.7 Å². The Balaban J connectivity index is 4.04. The number of hydrogen-bond donors (Lipinski definition) is 0. The lowest BCUT2D eigenvalue weighted by Crippen LogP contribution is -2.21. The zero-order valence-electron chi connectivity index (χ0n) is 6.57. The van der Waals surface area contributed by atoms with Gasteiger partial charge in [0.15, 0.2) is 0 Å². The second-order valence-corrected chi connectivity index (χ2v) is 2.11. The third-order valence-corrected chi connectivity index (χ3v) is 1.03. The minimum atomic E-state index is -4.69. The van der Waals surface area contributed by atoms with E-state index in [1.165, 1.54) is 0 Å². The summed E-state index contributed by atoms with van der Waals surface area (Å²) in [5, 5.41) is 0. The third kappa shape index (κ3) is 3.41. The van der Waals surface area contributed by atoms with Crippen LogP contribution in [0.4, 0.5) is 13.2 Å². The number of carbonyl (C=O) groups excluding carboxylic acids is 1. The Labute approximate surface area is 68.0 Å². The third-order valence-electron chi connectivity index (χ3n) is 1.03. The van der Waals surface area contributed by atoms with Crippen molar-refractivity contribution in [3.05, 3.63) is 12.2 Å². The van der Waals surface area contributed by atoms with E-state index in [1.54, 1.807) is 6.92 Å². The molecule has 0 saturated heterocycles. The number of esters is 1. The van der Waals surface area contributed by atoms with Gasteiger partial charge in [-0.25, -0.2) is 4.79 Å². The van der Waals surface area contributed by atoms with Crippen molar-refractivity contribution >= 4 is 5.97 Å². The molecule has 0 aliphatic carbocycles. The maximum absolute atomic E-state index is 11.7. The van der Waals surface area contributed by atoms with Crippen LogP contribution in [0.3, 0.4) is 0 Å². The smallest absolute Gasteiger partial charge is 0.422 e. The standard InChI is InChI=1S/C7H9F3O2/c1-3-4-12-6(11)5(2)7(8,9)10/h2-4H2,1H3. The Morgan fingerprint density at radius 1 is 1.50 bits per heavy atom. The molecule has 0 aliphatic rings. The van der Waals surface area contributed by atoms with Crippen LogP contribution in [0.5, 0.6) is 0 Å². The lowest BCUT2D eigenvalue weighted by Gasteiger charge is -2.08. The molecule has 0 saturated carbocycles. The number of rotatable bonds is 3. The lowest BCUT2D eigenvalue weighted by atomic mass is 10.3. The van der Waals surface area contributed by atoms with Gasteiger partial charge >= 0.3 is 12.1 Å². The number of ether oxygens (including phenoxy) is 1. The van der Waals surface area contributed by atoms with Crippen LogP contribution >= 0.6 is 0 Å². The summed E-state index contributed by atoms with van der Waals surface area (Å²) in [4.78, 5) is 10.5. The number of hydrogen-bond acceptors (Lipinski definition) is 2. The first kappa shape index (κ1) is 11.0. The molecule has 0 amide bonds. The van der Waals surface area contributed by atoms with Crippen LogP contribution in [0.15, 0.2) is 12.2 Å². The van der Waals surface area contributed by atoms with Gasteiger partial charge in [0.05, 0.1) is 6.61 Å². The highest BCUT2D eigenvalue weighted by molar-refractivity contribution is 5.89. The molecule has 0 bridgehead atoms. The van der Waals surface area contributed by atoms with E-state index in [4.69, 9.17) is 0 Å². The zero-order valence-corrected chi connectivity index (χ0v) is 6.57. The van der Waals surface area contributed by atoms with E-state index in [-0.39, 0.29) is 6.61 Å². The van der Waals surface area contributed by atoms with Gasteiger partial charge in [-0.3, -0.25) is 0 Å². The number of carbonyl (C=O) groups is 1. The summed E-state index contributed by atoms with van der Waals surface area (Å²) in [6.07, 6.45) is -4.21. The fourth-order valence-electron chi connectivity index (χ4n) is 0.398. The van der Waals surface area contributed by atoms with Crippen LogP contribution in [0, 0.1) is 0 Å².